The molecule has 190 valence electrons. The van der Waals surface area contributed by atoms with Crippen LogP contribution in [0.1, 0.15) is 46.5 Å². The number of thiophene rings is 1. The molecule has 0 saturated carbocycles. The number of aryl methyl sites for hydroxylation is 1. The van der Waals surface area contributed by atoms with Gasteiger partial charge in [0.2, 0.25) is 5.91 Å². The first-order valence-electron chi connectivity index (χ1n) is 12.3. The highest BCUT2D eigenvalue weighted by Gasteiger charge is 2.26. The number of carbonyl (C=O) groups excluding carboxylic acids is 2. The quantitative estimate of drug-likeness (QED) is 0.143. The molecule has 0 fully saturated rings. The highest BCUT2D eigenvalue weighted by atomic mass is 32.2. The standard InChI is InChI=1S/C28H27N3O4S2/c1-35-27(34)24-20-13-6-3-7-15-22(20)37-25(24)30-23(32)16-17-36-28-29-21-14-9-8-12-19(21)26(33)31(28)18-10-4-2-5-11-18/h2,4-5,8-12,14H,3,6-7,13,15-17H2,1H3,(H,30,32). The molecule has 1 aliphatic rings. The molecule has 2 aromatic heterocycles. The van der Waals surface area contributed by atoms with E-state index in [1.807, 2.05) is 48.5 Å². The minimum absolute atomic E-state index is 0.147. The number of nitrogens with zero attached hydrogens (tertiary/aromatic N) is 2. The van der Waals surface area contributed by atoms with E-state index in [-0.39, 0.29) is 17.9 Å². The number of methoxy groups -OCH3 is 1. The van der Waals surface area contributed by atoms with Crippen molar-refractivity contribution in [1.82, 2.24) is 9.55 Å². The minimum Gasteiger partial charge on any atom is -0.465 e. The molecule has 2 aromatic carbocycles. The second-order valence-electron chi connectivity index (χ2n) is 8.79. The van der Waals surface area contributed by atoms with E-state index in [4.69, 9.17) is 9.72 Å². The predicted molar refractivity (Wildman–Crippen MR) is 148 cm³/mol. The van der Waals surface area contributed by atoms with Crippen LogP contribution >= 0.6 is 23.1 Å². The first kappa shape index (κ1) is 25.2. The normalized spacial score (nSPS) is 13.1. The second-order valence-corrected chi connectivity index (χ2v) is 11.0. The second kappa shape index (κ2) is 11.3. The number of hydrogen-bond acceptors (Lipinski definition) is 7. The Labute approximate surface area is 222 Å². The summed E-state index contributed by atoms with van der Waals surface area (Å²) in [5.41, 5.74) is 2.72. The molecule has 1 aliphatic carbocycles. The third kappa shape index (κ3) is 5.33. The van der Waals surface area contributed by atoms with Gasteiger partial charge in [0.15, 0.2) is 5.16 Å². The van der Waals surface area contributed by atoms with E-state index in [9.17, 15) is 14.4 Å². The molecule has 4 aromatic rings. The van der Waals surface area contributed by atoms with E-state index < -0.39 is 5.97 Å². The fourth-order valence-corrected chi connectivity index (χ4v) is 6.83. The molecule has 9 heteroatoms. The van der Waals surface area contributed by atoms with Crippen LogP contribution in [0, 0.1) is 0 Å². The van der Waals surface area contributed by atoms with Crippen molar-refractivity contribution in [1.29, 1.82) is 0 Å². The summed E-state index contributed by atoms with van der Waals surface area (Å²) in [7, 11) is 1.37. The number of rotatable bonds is 7. The van der Waals surface area contributed by atoms with Crippen LogP contribution in [0.5, 0.6) is 0 Å². The zero-order chi connectivity index (χ0) is 25.8. The predicted octanol–water partition coefficient (Wildman–Crippen LogP) is 5.62. The van der Waals surface area contributed by atoms with E-state index in [0.29, 0.717) is 32.4 Å². The molecule has 5 rings (SSSR count). The minimum atomic E-state index is -0.406. The van der Waals surface area contributed by atoms with Gasteiger partial charge < -0.3 is 10.1 Å². The molecule has 1 N–H and O–H groups in total. The van der Waals surface area contributed by atoms with E-state index in [1.165, 1.54) is 30.2 Å². The summed E-state index contributed by atoms with van der Waals surface area (Å²) in [6, 6.07) is 16.6. The zero-order valence-corrected chi connectivity index (χ0v) is 22.1. The maximum atomic E-state index is 13.3. The average Bonchev–Trinajstić information content (AvgIpc) is 3.08. The van der Waals surface area contributed by atoms with Gasteiger partial charge in [0.1, 0.15) is 5.00 Å². The van der Waals surface area contributed by atoms with Crippen molar-refractivity contribution in [3.8, 4) is 5.69 Å². The summed E-state index contributed by atoms with van der Waals surface area (Å²) < 4.78 is 6.63. The van der Waals surface area contributed by atoms with Crippen LogP contribution in [0.4, 0.5) is 5.00 Å². The number of fused-ring (bicyclic) bond motifs is 2. The third-order valence-electron chi connectivity index (χ3n) is 6.38. The Balaban J connectivity index is 1.35. The number of aromatic nitrogens is 2. The molecule has 7 nitrogen and oxygen atoms in total. The van der Waals surface area contributed by atoms with Gasteiger partial charge in [-0.25, -0.2) is 9.78 Å². The van der Waals surface area contributed by atoms with Gasteiger partial charge in [0.25, 0.3) is 5.56 Å². The largest absolute Gasteiger partial charge is 0.465 e. The van der Waals surface area contributed by atoms with Crippen LogP contribution in [0.3, 0.4) is 0 Å². The fourth-order valence-electron chi connectivity index (χ4n) is 4.59. The van der Waals surface area contributed by atoms with Crippen molar-refractivity contribution >= 4 is 50.9 Å². The van der Waals surface area contributed by atoms with Crippen molar-refractivity contribution < 1.29 is 14.3 Å². The number of hydrogen-bond donors (Lipinski definition) is 1. The molecule has 0 saturated heterocycles. The molecular weight excluding hydrogens is 506 g/mol. The van der Waals surface area contributed by atoms with Gasteiger partial charge in [-0.05, 0) is 55.5 Å². The summed E-state index contributed by atoms with van der Waals surface area (Å²) >= 11 is 2.84. The third-order valence-corrected chi connectivity index (χ3v) is 8.53. The Morgan fingerprint density at radius 3 is 2.62 bits per heavy atom. The summed E-state index contributed by atoms with van der Waals surface area (Å²) in [6.45, 7) is 0. The summed E-state index contributed by atoms with van der Waals surface area (Å²) in [5, 5.41) is 4.59. The smallest absolute Gasteiger partial charge is 0.341 e. The van der Waals surface area contributed by atoms with Gasteiger partial charge >= 0.3 is 5.97 Å². The highest BCUT2D eigenvalue weighted by Crippen LogP contribution is 2.38. The topological polar surface area (TPSA) is 90.3 Å². The van der Waals surface area contributed by atoms with E-state index in [2.05, 4.69) is 5.32 Å². The molecule has 2 heterocycles. The highest BCUT2D eigenvalue weighted by molar-refractivity contribution is 7.99. The van der Waals surface area contributed by atoms with Crippen LogP contribution in [-0.2, 0) is 22.4 Å². The lowest BCUT2D eigenvalue weighted by molar-refractivity contribution is -0.115. The number of carbonyl (C=O) groups is 2. The molecule has 0 atom stereocenters. The maximum Gasteiger partial charge on any atom is 0.341 e. The Morgan fingerprint density at radius 2 is 1.81 bits per heavy atom. The number of amides is 1. The monoisotopic (exact) mass is 533 g/mol. The maximum absolute atomic E-state index is 13.3. The number of esters is 1. The van der Waals surface area contributed by atoms with Gasteiger partial charge in [0.05, 0.1) is 29.3 Å². The lowest BCUT2D eigenvalue weighted by atomic mass is 10.1. The van der Waals surface area contributed by atoms with Crippen LogP contribution < -0.4 is 10.9 Å². The number of ether oxygens (including phenoxy) is 1. The molecule has 0 radical (unpaired) electrons. The number of anilines is 1. The average molecular weight is 534 g/mol. The number of nitrogens with one attached hydrogen (secondary N) is 1. The van der Waals surface area contributed by atoms with Crippen LogP contribution in [0.2, 0.25) is 0 Å². The van der Waals surface area contributed by atoms with Crippen molar-refractivity contribution in [2.75, 3.05) is 18.2 Å². The van der Waals surface area contributed by atoms with Crippen molar-refractivity contribution in [3.05, 3.63) is 81.0 Å². The Kier molecular flexibility index (Phi) is 7.71. The summed E-state index contributed by atoms with van der Waals surface area (Å²) in [5.74, 6) is -0.179. The Morgan fingerprint density at radius 1 is 1.05 bits per heavy atom. The number of thioether (sulfide) groups is 1. The van der Waals surface area contributed by atoms with Gasteiger partial charge in [-0.3, -0.25) is 14.2 Å². The van der Waals surface area contributed by atoms with Gasteiger partial charge in [-0.1, -0.05) is 48.5 Å². The zero-order valence-electron chi connectivity index (χ0n) is 20.5. The van der Waals surface area contributed by atoms with E-state index in [0.717, 1.165) is 48.2 Å². The van der Waals surface area contributed by atoms with Crippen molar-refractivity contribution in [2.45, 2.75) is 43.7 Å². The Hall–Kier alpha value is -3.43. The fraction of sp³-hybridized carbons (Fsp3) is 0.286. The number of benzene rings is 2. The molecule has 0 spiro atoms. The molecule has 1 amide bonds. The van der Waals surface area contributed by atoms with Gasteiger partial charge in [-0.15, -0.1) is 11.3 Å². The van der Waals surface area contributed by atoms with Gasteiger partial charge in [-0.2, -0.15) is 0 Å². The lowest BCUT2D eigenvalue weighted by Gasteiger charge is -2.13. The van der Waals surface area contributed by atoms with Crippen molar-refractivity contribution in [2.24, 2.45) is 0 Å². The van der Waals surface area contributed by atoms with Crippen LogP contribution in [0.15, 0.2) is 64.5 Å². The molecular formula is C28H27N3O4S2. The Bertz CT molecular complexity index is 1510. The summed E-state index contributed by atoms with van der Waals surface area (Å²) in [4.78, 5) is 44.7. The summed E-state index contributed by atoms with van der Waals surface area (Å²) in [6.07, 6.45) is 5.19. The van der Waals surface area contributed by atoms with Gasteiger partial charge in [0, 0.05) is 17.1 Å². The molecule has 0 aliphatic heterocycles. The van der Waals surface area contributed by atoms with Crippen LogP contribution in [0.25, 0.3) is 16.6 Å². The molecule has 37 heavy (non-hydrogen) atoms. The SMILES string of the molecule is COC(=O)c1c(NC(=O)CCSc2nc3ccccc3c(=O)n2-c2ccccc2)sc2c1CCCCC2. The van der Waals surface area contributed by atoms with Crippen LogP contribution in [-0.4, -0.2) is 34.3 Å². The molecule has 0 bridgehead atoms. The number of para-hydroxylation sites is 2. The first-order valence-corrected chi connectivity index (χ1v) is 14.1. The van der Waals surface area contributed by atoms with E-state index >= 15 is 0 Å². The lowest BCUT2D eigenvalue weighted by Crippen LogP contribution is -2.22. The van der Waals surface area contributed by atoms with E-state index in [1.54, 1.807) is 10.6 Å². The first-order chi connectivity index (χ1) is 18.1. The molecule has 0 unspecified atom stereocenters. The van der Waals surface area contributed by atoms with Crippen molar-refractivity contribution in [3.63, 3.8) is 0 Å².